The molecule has 0 amide bonds. The molecule has 0 saturated carbocycles. The molecule has 0 saturated heterocycles. The van der Waals surface area contributed by atoms with Crippen molar-refractivity contribution in [1.82, 2.24) is 0 Å². The molecular formula is C9H8ClNO6. The minimum absolute atomic E-state index is 0.0671. The third kappa shape index (κ3) is 2.90. The maximum Gasteiger partial charge on any atom is 0.335 e. The van der Waals surface area contributed by atoms with Crippen LogP contribution in [0, 0.1) is 10.1 Å². The highest BCUT2D eigenvalue weighted by atomic mass is 35.5. The summed E-state index contributed by atoms with van der Waals surface area (Å²) in [5.41, 5.74) is -0.861. The van der Waals surface area contributed by atoms with Crippen molar-refractivity contribution >= 4 is 23.3 Å². The average Bonchev–Trinajstić information content (AvgIpc) is 2.26. The zero-order valence-electron chi connectivity index (χ0n) is 8.28. The quantitative estimate of drug-likeness (QED) is 0.542. The Labute approximate surface area is 100 Å². The summed E-state index contributed by atoms with van der Waals surface area (Å²) in [7, 11) is 0. The number of nitro benzene ring substituents is 1. The van der Waals surface area contributed by atoms with Crippen molar-refractivity contribution in [2.24, 2.45) is 0 Å². The number of carboxylic acid groups (broad SMARTS) is 1. The van der Waals surface area contributed by atoms with E-state index < -0.39 is 28.8 Å². The number of rotatable bonds is 4. The topological polar surface area (TPSA) is 121 Å². The molecule has 0 aliphatic carbocycles. The number of nitro groups is 1. The van der Waals surface area contributed by atoms with Gasteiger partial charge in [0.1, 0.15) is 6.10 Å². The first-order valence-corrected chi connectivity index (χ1v) is 4.75. The Kier molecular flexibility index (Phi) is 4.00. The van der Waals surface area contributed by atoms with Crippen LogP contribution in [0.3, 0.4) is 0 Å². The Morgan fingerprint density at radius 2 is 2.00 bits per heavy atom. The summed E-state index contributed by atoms with van der Waals surface area (Å²) in [5.74, 6) is -1.68. The van der Waals surface area contributed by atoms with Gasteiger partial charge in [0, 0.05) is 11.1 Å². The van der Waals surface area contributed by atoms with Crippen LogP contribution in [-0.4, -0.2) is 32.3 Å². The van der Waals surface area contributed by atoms with E-state index in [9.17, 15) is 20.0 Å². The van der Waals surface area contributed by atoms with Crippen LogP contribution in [0.4, 0.5) is 5.69 Å². The molecule has 7 nitrogen and oxygen atoms in total. The molecule has 1 rings (SSSR count). The fourth-order valence-corrected chi connectivity index (χ4v) is 1.40. The number of halogens is 1. The van der Waals surface area contributed by atoms with Crippen LogP contribution in [-0.2, 0) is 4.79 Å². The molecule has 2 atom stereocenters. The lowest BCUT2D eigenvalue weighted by Gasteiger charge is -2.14. The zero-order valence-corrected chi connectivity index (χ0v) is 9.03. The maximum absolute atomic E-state index is 10.7. The lowest BCUT2D eigenvalue weighted by Crippen LogP contribution is -2.27. The highest BCUT2D eigenvalue weighted by molar-refractivity contribution is 6.30. The molecule has 1 aromatic carbocycles. The molecule has 92 valence electrons. The van der Waals surface area contributed by atoms with Gasteiger partial charge in [-0.05, 0) is 12.1 Å². The second-order valence-electron chi connectivity index (χ2n) is 3.19. The SMILES string of the molecule is O=C(O)C(O)C(O)c1ccc(Cl)cc1[N+](=O)[O-]. The third-order valence-electron chi connectivity index (χ3n) is 2.06. The number of carbonyl (C=O) groups is 1. The summed E-state index contributed by atoms with van der Waals surface area (Å²) in [5, 5.41) is 37.9. The molecule has 17 heavy (non-hydrogen) atoms. The van der Waals surface area contributed by atoms with Gasteiger partial charge in [0.2, 0.25) is 0 Å². The molecule has 0 radical (unpaired) electrons. The summed E-state index contributed by atoms with van der Waals surface area (Å²) in [4.78, 5) is 20.3. The van der Waals surface area contributed by atoms with Crippen molar-refractivity contribution in [1.29, 1.82) is 0 Å². The number of nitrogens with zero attached hydrogens (tertiary/aromatic N) is 1. The van der Waals surface area contributed by atoms with Gasteiger partial charge in [-0.15, -0.1) is 0 Å². The number of aliphatic hydroxyl groups excluding tert-OH is 2. The summed E-state index contributed by atoms with van der Waals surface area (Å²) >= 11 is 5.54. The van der Waals surface area contributed by atoms with Crippen LogP contribution in [0.2, 0.25) is 5.02 Å². The molecule has 8 heteroatoms. The van der Waals surface area contributed by atoms with Crippen LogP contribution >= 0.6 is 11.6 Å². The summed E-state index contributed by atoms with van der Waals surface area (Å²) in [6.45, 7) is 0. The standard InChI is InChI=1S/C9H8ClNO6/c10-4-1-2-5(6(3-4)11(16)17)7(12)8(13)9(14)15/h1-3,7-8,12-13H,(H,14,15). The average molecular weight is 262 g/mol. The Bertz CT molecular complexity index is 463. The predicted octanol–water partition coefficient (Wildman–Crippen LogP) is 0.727. The first kappa shape index (κ1) is 13.4. The van der Waals surface area contributed by atoms with Gasteiger partial charge in [0.15, 0.2) is 6.10 Å². The summed E-state index contributed by atoms with van der Waals surface area (Å²) < 4.78 is 0. The van der Waals surface area contributed by atoms with Gasteiger partial charge >= 0.3 is 5.97 Å². The Morgan fingerprint density at radius 1 is 1.41 bits per heavy atom. The van der Waals surface area contributed by atoms with Crippen molar-refractivity contribution in [2.75, 3.05) is 0 Å². The predicted molar refractivity (Wildman–Crippen MR) is 56.7 cm³/mol. The van der Waals surface area contributed by atoms with Gasteiger partial charge in [-0.2, -0.15) is 0 Å². The van der Waals surface area contributed by atoms with Gasteiger partial charge in [-0.25, -0.2) is 4.79 Å². The molecule has 0 heterocycles. The van der Waals surface area contributed by atoms with E-state index in [0.29, 0.717) is 0 Å². The number of hydrogen-bond acceptors (Lipinski definition) is 5. The fraction of sp³-hybridized carbons (Fsp3) is 0.222. The second-order valence-corrected chi connectivity index (χ2v) is 3.62. The van der Waals surface area contributed by atoms with Gasteiger partial charge in [-0.3, -0.25) is 10.1 Å². The minimum Gasteiger partial charge on any atom is -0.479 e. The van der Waals surface area contributed by atoms with Gasteiger partial charge in [0.25, 0.3) is 5.69 Å². The van der Waals surface area contributed by atoms with E-state index in [0.717, 1.165) is 12.1 Å². The van der Waals surface area contributed by atoms with Crippen LogP contribution in [0.1, 0.15) is 11.7 Å². The van der Waals surface area contributed by atoms with Crippen LogP contribution in [0.25, 0.3) is 0 Å². The Morgan fingerprint density at radius 3 is 2.47 bits per heavy atom. The highest BCUT2D eigenvalue weighted by Gasteiger charge is 2.30. The first-order valence-electron chi connectivity index (χ1n) is 4.37. The van der Waals surface area contributed by atoms with Crippen LogP contribution in [0.15, 0.2) is 18.2 Å². The summed E-state index contributed by atoms with van der Waals surface area (Å²) in [6.07, 6.45) is -4.04. The van der Waals surface area contributed by atoms with Gasteiger partial charge in [-0.1, -0.05) is 11.6 Å². The number of benzene rings is 1. The molecule has 3 N–H and O–H groups in total. The van der Waals surface area contributed by atoms with Gasteiger partial charge in [0.05, 0.1) is 10.5 Å². The number of aliphatic carboxylic acids is 1. The maximum atomic E-state index is 10.7. The molecule has 2 unspecified atom stereocenters. The zero-order chi connectivity index (χ0) is 13.2. The third-order valence-corrected chi connectivity index (χ3v) is 2.30. The smallest absolute Gasteiger partial charge is 0.335 e. The lowest BCUT2D eigenvalue weighted by atomic mass is 10.0. The van der Waals surface area contributed by atoms with E-state index in [1.807, 2.05) is 0 Å². The molecule has 0 aromatic heterocycles. The molecule has 0 spiro atoms. The number of carboxylic acids is 1. The van der Waals surface area contributed by atoms with Crippen molar-refractivity contribution in [3.63, 3.8) is 0 Å². The molecular weight excluding hydrogens is 254 g/mol. The van der Waals surface area contributed by atoms with Crippen LogP contribution in [0.5, 0.6) is 0 Å². The monoisotopic (exact) mass is 261 g/mol. The van der Waals surface area contributed by atoms with E-state index >= 15 is 0 Å². The van der Waals surface area contributed by atoms with E-state index in [2.05, 4.69) is 0 Å². The molecule has 0 bridgehead atoms. The van der Waals surface area contributed by atoms with E-state index in [-0.39, 0.29) is 10.6 Å². The van der Waals surface area contributed by atoms with E-state index in [4.69, 9.17) is 21.8 Å². The first-order chi connectivity index (χ1) is 7.84. The fourth-order valence-electron chi connectivity index (χ4n) is 1.23. The minimum atomic E-state index is -2.14. The van der Waals surface area contributed by atoms with E-state index in [1.165, 1.54) is 6.07 Å². The van der Waals surface area contributed by atoms with Crippen molar-refractivity contribution in [3.05, 3.63) is 38.9 Å². The van der Waals surface area contributed by atoms with Crippen molar-refractivity contribution < 1.29 is 25.0 Å². The largest absolute Gasteiger partial charge is 0.479 e. The summed E-state index contributed by atoms with van der Waals surface area (Å²) in [6, 6.07) is 3.31. The van der Waals surface area contributed by atoms with E-state index in [1.54, 1.807) is 0 Å². The van der Waals surface area contributed by atoms with Crippen molar-refractivity contribution in [2.45, 2.75) is 12.2 Å². The normalized spacial score (nSPS) is 14.1. The highest BCUT2D eigenvalue weighted by Crippen LogP contribution is 2.30. The molecule has 1 aromatic rings. The molecule has 0 aliphatic heterocycles. The van der Waals surface area contributed by atoms with Gasteiger partial charge < -0.3 is 15.3 Å². The van der Waals surface area contributed by atoms with Crippen LogP contribution < -0.4 is 0 Å². The Hall–Kier alpha value is -1.70. The number of aliphatic hydroxyl groups is 2. The van der Waals surface area contributed by atoms with Crippen molar-refractivity contribution in [3.8, 4) is 0 Å². The number of hydrogen-bond donors (Lipinski definition) is 3. The lowest BCUT2D eigenvalue weighted by molar-refractivity contribution is -0.386. The molecule has 0 fully saturated rings. The second kappa shape index (κ2) is 5.09. The Balaban J connectivity index is 3.21. The molecule has 0 aliphatic rings.